The second-order valence-corrected chi connectivity index (χ2v) is 4.72. The zero-order chi connectivity index (χ0) is 8.48. The van der Waals surface area contributed by atoms with Gasteiger partial charge in [-0.15, -0.1) is 22.9 Å². The monoisotopic (exact) mass is 189 g/mol. The molecule has 11 heavy (non-hydrogen) atoms. The minimum atomic E-state index is 0.154. The summed E-state index contributed by atoms with van der Waals surface area (Å²) in [5.41, 5.74) is 1.29. The molecule has 0 saturated carbocycles. The predicted octanol–water partition coefficient (Wildman–Crippen LogP) is 3.18. The quantitative estimate of drug-likeness (QED) is 0.619. The smallest absolute Gasteiger partial charge is 0.108 e. The van der Waals surface area contributed by atoms with E-state index in [1.807, 2.05) is 0 Å². The Morgan fingerprint density at radius 3 is 2.45 bits per heavy atom. The van der Waals surface area contributed by atoms with Crippen molar-refractivity contribution in [2.45, 2.75) is 32.1 Å². The van der Waals surface area contributed by atoms with E-state index in [1.165, 1.54) is 0 Å². The van der Waals surface area contributed by atoms with E-state index in [1.54, 1.807) is 11.3 Å². The highest BCUT2D eigenvalue weighted by molar-refractivity contribution is 7.09. The molecule has 0 atom stereocenters. The molecule has 1 rings (SSSR count). The SMILES string of the molecule is CC(C)(C)c1csc(CCl)n1. The summed E-state index contributed by atoms with van der Waals surface area (Å²) in [5.74, 6) is 0.529. The fourth-order valence-corrected chi connectivity index (χ4v) is 1.83. The van der Waals surface area contributed by atoms with Crippen molar-refractivity contribution in [2.24, 2.45) is 0 Å². The van der Waals surface area contributed by atoms with E-state index in [-0.39, 0.29) is 5.41 Å². The Balaban J connectivity index is 2.89. The van der Waals surface area contributed by atoms with Crippen LogP contribution in [0.5, 0.6) is 0 Å². The van der Waals surface area contributed by atoms with Gasteiger partial charge in [0.15, 0.2) is 0 Å². The molecule has 1 heterocycles. The molecule has 0 aliphatic carbocycles. The van der Waals surface area contributed by atoms with E-state index in [0.29, 0.717) is 5.88 Å². The zero-order valence-corrected chi connectivity index (χ0v) is 8.59. The molecule has 0 spiro atoms. The van der Waals surface area contributed by atoms with Crippen LogP contribution in [-0.4, -0.2) is 4.98 Å². The molecule has 0 fully saturated rings. The largest absolute Gasteiger partial charge is 0.244 e. The summed E-state index contributed by atoms with van der Waals surface area (Å²) in [6.45, 7) is 6.46. The summed E-state index contributed by atoms with van der Waals surface area (Å²) in [4.78, 5) is 4.39. The highest BCUT2D eigenvalue weighted by Gasteiger charge is 2.16. The Hall–Kier alpha value is -0.0800. The maximum Gasteiger partial charge on any atom is 0.108 e. The third-order valence-corrected chi connectivity index (χ3v) is 2.69. The average Bonchev–Trinajstić information content (AvgIpc) is 2.32. The van der Waals surface area contributed by atoms with E-state index >= 15 is 0 Å². The molecule has 1 nitrogen and oxygen atoms in total. The van der Waals surface area contributed by atoms with Crippen LogP contribution in [0.4, 0.5) is 0 Å². The van der Waals surface area contributed by atoms with Gasteiger partial charge < -0.3 is 0 Å². The normalized spacial score (nSPS) is 12.0. The molecule has 0 unspecified atom stereocenters. The summed E-state index contributed by atoms with van der Waals surface area (Å²) in [6, 6.07) is 0. The van der Waals surface area contributed by atoms with Gasteiger partial charge in [0.2, 0.25) is 0 Å². The van der Waals surface area contributed by atoms with Gasteiger partial charge in [0, 0.05) is 10.8 Å². The summed E-state index contributed by atoms with van der Waals surface area (Å²) in [6.07, 6.45) is 0. The maximum atomic E-state index is 5.64. The van der Waals surface area contributed by atoms with Crippen LogP contribution in [0, 0.1) is 0 Å². The number of rotatable bonds is 1. The Morgan fingerprint density at radius 1 is 1.55 bits per heavy atom. The molecule has 0 aliphatic heterocycles. The second kappa shape index (κ2) is 3.11. The number of thiazole rings is 1. The van der Waals surface area contributed by atoms with Gasteiger partial charge in [-0.3, -0.25) is 0 Å². The van der Waals surface area contributed by atoms with E-state index in [9.17, 15) is 0 Å². The molecular formula is C8H12ClNS. The second-order valence-electron chi connectivity index (χ2n) is 3.51. The number of nitrogens with zero attached hydrogens (tertiary/aromatic N) is 1. The van der Waals surface area contributed by atoms with Gasteiger partial charge in [-0.05, 0) is 0 Å². The number of aromatic nitrogens is 1. The molecule has 0 amide bonds. The van der Waals surface area contributed by atoms with Gasteiger partial charge in [-0.25, -0.2) is 4.98 Å². The Morgan fingerprint density at radius 2 is 2.18 bits per heavy atom. The third kappa shape index (κ3) is 2.17. The first-order chi connectivity index (χ1) is 5.04. The molecule has 1 aromatic rings. The highest BCUT2D eigenvalue weighted by atomic mass is 35.5. The van der Waals surface area contributed by atoms with Crippen molar-refractivity contribution in [3.63, 3.8) is 0 Å². The minimum Gasteiger partial charge on any atom is -0.244 e. The van der Waals surface area contributed by atoms with Crippen LogP contribution in [0.2, 0.25) is 0 Å². The Labute approximate surface area is 76.4 Å². The number of hydrogen-bond donors (Lipinski definition) is 0. The van der Waals surface area contributed by atoms with Crippen molar-refractivity contribution in [3.8, 4) is 0 Å². The third-order valence-electron chi connectivity index (χ3n) is 1.43. The van der Waals surface area contributed by atoms with Gasteiger partial charge in [0.25, 0.3) is 0 Å². The molecule has 62 valence electrons. The fourth-order valence-electron chi connectivity index (χ4n) is 0.717. The summed E-state index contributed by atoms with van der Waals surface area (Å²) in [7, 11) is 0. The number of alkyl halides is 1. The molecule has 0 bridgehead atoms. The standard InChI is InChI=1S/C8H12ClNS/c1-8(2,3)6-5-11-7(4-9)10-6/h5H,4H2,1-3H3. The van der Waals surface area contributed by atoms with Crippen molar-refractivity contribution < 1.29 is 0 Å². The molecule has 0 saturated heterocycles. The first-order valence-corrected chi connectivity index (χ1v) is 4.96. The Bertz CT molecular complexity index is 236. The summed E-state index contributed by atoms with van der Waals surface area (Å²) < 4.78 is 0. The van der Waals surface area contributed by atoms with Crippen molar-refractivity contribution >= 4 is 22.9 Å². The lowest BCUT2D eigenvalue weighted by molar-refractivity contribution is 0.571. The molecule has 1 aromatic heterocycles. The van der Waals surface area contributed by atoms with Crippen molar-refractivity contribution in [1.29, 1.82) is 0 Å². The van der Waals surface area contributed by atoms with Crippen LogP contribution in [0.1, 0.15) is 31.5 Å². The van der Waals surface area contributed by atoms with Gasteiger partial charge in [-0.1, -0.05) is 20.8 Å². The van der Waals surface area contributed by atoms with Crippen LogP contribution in [0.15, 0.2) is 5.38 Å². The maximum absolute atomic E-state index is 5.64. The Kier molecular flexibility index (Phi) is 2.55. The molecule has 0 N–H and O–H groups in total. The molecule has 0 radical (unpaired) electrons. The predicted molar refractivity (Wildman–Crippen MR) is 50.4 cm³/mol. The van der Waals surface area contributed by atoms with Crippen LogP contribution in [0.25, 0.3) is 0 Å². The van der Waals surface area contributed by atoms with Gasteiger partial charge in [-0.2, -0.15) is 0 Å². The summed E-state index contributed by atoms with van der Waals surface area (Å²) >= 11 is 7.27. The van der Waals surface area contributed by atoms with Crippen molar-refractivity contribution in [1.82, 2.24) is 4.98 Å². The minimum absolute atomic E-state index is 0.154. The van der Waals surface area contributed by atoms with Crippen molar-refractivity contribution in [2.75, 3.05) is 0 Å². The zero-order valence-electron chi connectivity index (χ0n) is 7.02. The first kappa shape index (κ1) is 9.01. The van der Waals surface area contributed by atoms with E-state index in [4.69, 9.17) is 11.6 Å². The average molecular weight is 190 g/mol. The number of hydrogen-bond acceptors (Lipinski definition) is 2. The van der Waals surface area contributed by atoms with Gasteiger partial charge in [0.1, 0.15) is 5.01 Å². The lowest BCUT2D eigenvalue weighted by Gasteiger charge is -2.13. The molecular weight excluding hydrogens is 178 g/mol. The number of halogens is 1. The molecule has 0 aliphatic rings. The van der Waals surface area contributed by atoms with Crippen LogP contribution < -0.4 is 0 Å². The highest BCUT2D eigenvalue weighted by Crippen LogP contribution is 2.24. The lowest BCUT2D eigenvalue weighted by Crippen LogP contribution is -2.11. The van der Waals surface area contributed by atoms with Gasteiger partial charge >= 0.3 is 0 Å². The first-order valence-electron chi connectivity index (χ1n) is 3.55. The summed E-state index contributed by atoms with van der Waals surface area (Å²) in [5, 5.41) is 3.09. The van der Waals surface area contributed by atoms with E-state index in [2.05, 4.69) is 31.1 Å². The fraction of sp³-hybridized carbons (Fsp3) is 0.625. The topological polar surface area (TPSA) is 12.9 Å². The van der Waals surface area contributed by atoms with Crippen molar-refractivity contribution in [3.05, 3.63) is 16.1 Å². The van der Waals surface area contributed by atoms with Gasteiger partial charge in [0.05, 0.1) is 11.6 Å². The van der Waals surface area contributed by atoms with Crippen LogP contribution in [0.3, 0.4) is 0 Å². The van der Waals surface area contributed by atoms with Crippen LogP contribution in [-0.2, 0) is 11.3 Å². The lowest BCUT2D eigenvalue weighted by atomic mass is 9.93. The van der Waals surface area contributed by atoms with E-state index in [0.717, 1.165) is 10.7 Å². The van der Waals surface area contributed by atoms with E-state index < -0.39 is 0 Å². The van der Waals surface area contributed by atoms with Crippen LogP contribution >= 0.6 is 22.9 Å². The molecule has 0 aromatic carbocycles. The molecule has 3 heteroatoms.